The van der Waals surface area contributed by atoms with Crippen molar-refractivity contribution in [3.8, 4) is 0 Å². The van der Waals surface area contributed by atoms with E-state index in [4.69, 9.17) is 11.6 Å². The molecule has 2 heterocycles. The number of rotatable bonds is 3. The topological polar surface area (TPSA) is 50.5 Å². The Morgan fingerprint density at radius 3 is 2.74 bits per heavy atom. The van der Waals surface area contributed by atoms with Crippen molar-refractivity contribution in [1.82, 2.24) is 14.8 Å². The van der Waals surface area contributed by atoms with E-state index >= 15 is 0 Å². The van der Waals surface area contributed by atoms with Gasteiger partial charge in [0.25, 0.3) is 0 Å². The zero-order valence-electron chi connectivity index (χ0n) is 12.6. The molecule has 120 valence electrons. The van der Waals surface area contributed by atoms with Crippen molar-refractivity contribution in [2.75, 3.05) is 6.54 Å². The summed E-state index contributed by atoms with van der Waals surface area (Å²) in [5.74, 6) is -0.355. The Balaban J connectivity index is 2.02. The van der Waals surface area contributed by atoms with Crippen LogP contribution in [0.3, 0.4) is 0 Å². The molecule has 1 amide bonds. The third-order valence-corrected chi connectivity index (χ3v) is 3.97. The summed E-state index contributed by atoms with van der Waals surface area (Å²) in [5, 5.41) is 10.8. The number of aromatic nitrogens is 2. The highest BCUT2D eigenvalue weighted by Crippen LogP contribution is 2.25. The van der Waals surface area contributed by atoms with Crippen molar-refractivity contribution in [3.63, 3.8) is 0 Å². The standard InChI is InChI=1S/C16H16ClFN4O/c1-2-15(23)21-8-7-14(22-10-12(17)9-19-22)16(20-21)11-3-5-13(18)6-4-11/h3-6,9-10,14H,2,7-8H2,1H3. The lowest BCUT2D eigenvalue weighted by Gasteiger charge is -2.30. The van der Waals surface area contributed by atoms with Crippen LogP contribution in [0.25, 0.3) is 0 Å². The van der Waals surface area contributed by atoms with Crippen LogP contribution in [0.2, 0.25) is 5.02 Å². The Labute approximate surface area is 138 Å². The summed E-state index contributed by atoms with van der Waals surface area (Å²) in [5.41, 5.74) is 1.44. The molecule has 2 aromatic rings. The molecule has 1 aromatic carbocycles. The van der Waals surface area contributed by atoms with Gasteiger partial charge in [-0.3, -0.25) is 9.48 Å². The van der Waals surface area contributed by atoms with Crippen LogP contribution in [0.1, 0.15) is 31.4 Å². The Bertz CT molecular complexity index is 741. The van der Waals surface area contributed by atoms with E-state index in [0.29, 0.717) is 30.1 Å². The number of amides is 1. The molecular weight excluding hydrogens is 319 g/mol. The van der Waals surface area contributed by atoms with Gasteiger partial charge >= 0.3 is 0 Å². The van der Waals surface area contributed by atoms with Gasteiger partial charge in [-0.25, -0.2) is 9.40 Å². The van der Waals surface area contributed by atoms with Gasteiger partial charge in [0.15, 0.2) is 0 Å². The molecule has 5 nitrogen and oxygen atoms in total. The van der Waals surface area contributed by atoms with Crippen LogP contribution in [-0.2, 0) is 4.79 Å². The predicted molar refractivity (Wildman–Crippen MR) is 85.8 cm³/mol. The minimum absolute atomic E-state index is 0.0402. The molecule has 23 heavy (non-hydrogen) atoms. The van der Waals surface area contributed by atoms with E-state index in [1.165, 1.54) is 17.1 Å². The molecule has 0 spiro atoms. The molecule has 0 radical (unpaired) electrons. The molecule has 1 unspecified atom stereocenters. The van der Waals surface area contributed by atoms with Gasteiger partial charge in [-0.05, 0) is 18.6 Å². The van der Waals surface area contributed by atoms with Crippen molar-refractivity contribution in [3.05, 3.63) is 53.1 Å². The van der Waals surface area contributed by atoms with Crippen molar-refractivity contribution in [2.45, 2.75) is 25.8 Å². The van der Waals surface area contributed by atoms with Gasteiger partial charge < -0.3 is 0 Å². The number of carbonyl (C=O) groups excluding carboxylic acids is 1. The zero-order chi connectivity index (χ0) is 16.4. The van der Waals surface area contributed by atoms with E-state index in [-0.39, 0.29) is 17.8 Å². The zero-order valence-corrected chi connectivity index (χ0v) is 13.4. The minimum Gasteiger partial charge on any atom is -0.273 e. The van der Waals surface area contributed by atoms with Gasteiger partial charge in [-0.2, -0.15) is 10.2 Å². The van der Waals surface area contributed by atoms with Crippen LogP contribution in [0.15, 0.2) is 41.8 Å². The van der Waals surface area contributed by atoms with Gasteiger partial charge in [0.05, 0.1) is 23.0 Å². The van der Waals surface area contributed by atoms with Gasteiger partial charge in [-0.1, -0.05) is 30.7 Å². The molecule has 0 saturated carbocycles. The lowest BCUT2D eigenvalue weighted by molar-refractivity contribution is -0.131. The van der Waals surface area contributed by atoms with Crippen LogP contribution in [-0.4, -0.2) is 33.0 Å². The van der Waals surface area contributed by atoms with Crippen LogP contribution in [0, 0.1) is 5.82 Å². The molecule has 0 bridgehead atoms. The second-order valence-corrected chi connectivity index (χ2v) is 5.74. The highest BCUT2D eigenvalue weighted by atomic mass is 35.5. The predicted octanol–water partition coefficient (Wildman–Crippen LogP) is 3.26. The SMILES string of the molecule is CCC(=O)N1CCC(n2cc(Cl)cn2)C(c2ccc(F)cc2)=N1. The minimum atomic E-state index is -0.315. The van der Waals surface area contributed by atoms with Gasteiger partial charge in [0.2, 0.25) is 5.91 Å². The first-order valence-corrected chi connectivity index (χ1v) is 7.80. The Kier molecular flexibility index (Phi) is 4.43. The molecule has 1 aliphatic rings. The summed E-state index contributed by atoms with van der Waals surface area (Å²) < 4.78 is 14.9. The molecule has 1 aromatic heterocycles. The Morgan fingerprint density at radius 2 is 2.13 bits per heavy atom. The Hall–Kier alpha value is -2.21. The van der Waals surface area contributed by atoms with Crippen LogP contribution < -0.4 is 0 Å². The van der Waals surface area contributed by atoms with E-state index in [9.17, 15) is 9.18 Å². The van der Waals surface area contributed by atoms with E-state index < -0.39 is 0 Å². The first-order chi connectivity index (χ1) is 11.1. The van der Waals surface area contributed by atoms with Gasteiger partial charge in [0, 0.05) is 24.7 Å². The van der Waals surface area contributed by atoms with Crippen molar-refractivity contribution in [1.29, 1.82) is 0 Å². The fourth-order valence-electron chi connectivity index (χ4n) is 2.60. The molecule has 3 rings (SSSR count). The van der Waals surface area contributed by atoms with E-state index in [1.807, 2.05) is 0 Å². The number of nitrogens with zero attached hydrogens (tertiary/aromatic N) is 4. The summed E-state index contributed by atoms with van der Waals surface area (Å²) in [6.45, 7) is 2.31. The largest absolute Gasteiger partial charge is 0.273 e. The fourth-order valence-corrected chi connectivity index (χ4v) is 2.75. The molecule has 0 aliphatic carbocycles. The first-order valence-electron chi connectivity index (χ1n) is 7.43. The summed E-state index contributed by atoms with van der Waals surface area (Å²) >= 11 is 5.96. The van der Waals surface area contributed by atoms with E-state index in [1.54, 1.807) is 36.1 Å². The normalized spacial score (nSPS) is 18.0. The smallest absolute Gasteiger partial charge is 0.242 e. The third-order valence-electron chi connectivity index (χ3n) is 3.78. The quantitative estimate of drug-likeness (QED) is 0.865. The van der Waals surface area contributed by atoms with Crippen LogP contribution in [0.4, 0.5) is 4.39 Å². The fraction of sp³-hybridized carbons (Fsp3) is 0.312. The maximum absolute atomic E-state index is 13.2. The third kappa shape index (κ3) is 3.27. The second kappa shape index (κ2) is 6.50. The Morgan fingerprint density at radius 1 is 1.39 bits per heavy atom. The summed E-state index contributed by atoms with van der Waals surface area (Å²) in [6.07, 6.45) is 4.34. The summed E-state index contributed by atoms with van der Waals surface area (Å²) in [4.78, 5) is 12.0. The molecule has 1 aliphatic heterocycles. The summed E-state index contributed by atoms with van der Waals surface area (Å²) in [6, 6.07) is 5.93. The number of carbonyl (C=O) groups is 1. The van der Waals surface area contributed by atoms with Crippen molar-refractivity contribution in [2.24, 2.45) is 5.10 Å². The number of hydrazone groups is 1. The first kappa shape index (κ1) is 15.7. The van der Waals surface area contributed by atoms with Gasteiger partial charge in [0.1, 0.15) is 5.82 Å². The molecule has 7 heteroatoms. The molecule has 1 atom stereocenters. The number of hydrogen-bond donors (Lipinski definition) is 0. The lowest BCUT2D eigenvalue weighted by atomic mass is 9.99. The maximum atomic E-state index is 13.2. The van der Waals surface area contributed by atoms with Crippen molar-refractivity contribution >= 4 is 23.2 Å². The lowest BCUT2D eigenvalue weighted by Crippen LogP contribution is -2.37. The average Bonchev–Trinajstić information content (AvgIpc) is 3.00. The van der Waals surface area contributed by atoms with E-state index in [0.717, 1.165) is 5.56 Å². The molecule has 0 fully saturated rings. The molecular formula is C16H16ClFN4O. The highest BCUT2D eigenvalue weighted by molar-refractivity contribution is 6.30. The van der Waals surface area contributed by atoms with Crippen LogP contribution >= 0.6 is 11.6 Å². The number of hydrogen-bond acceptors (Lipinski definition) is 3. The summed E-state index contributed by atoms with van der Waals surface area (Å²) in [7, 11) is 0. The average molecular weight is 335 g/mol. The van der Waals surface area contributed by atoms with Crippen LogP contribution in [0.5, 0.6) is 0 Å². The number of benzene rings is 1. The van der Waals surface area contributed by atoms with E-state index in [2.05, 4.69) is 10.2 Å². The van der Waals surface area contributed by atoms with Crippen molar-refractivity contribution < 1.29 is 9.18 Å². The molecule has 0 saturated heterocycles. The monoisotopic (exact) mass is 334 g/mol. The maximum Gasteiger partial charge on any atom is 0.242 e. The number of halogens is 2. The molecule has 0 N–H and O–H groups in total. The van der Waals surface area contributed by atoms with Gasteiger partial charge in [-0.15, -0.1) is 0 Å². The second-order valence-electron chi connectivity index (χ2n) is 5.31. The highest BCUT2D eigenvalue weighted by Gasteiger charge is 2.28.